The first-order valence-corrected chi connectivity index (χ1v) is 11.7. The highest BCUT2D eigenvalue weighted by atomic mass is 16.3. The number of hydrogen-bond donors (Lipinski definition) is 2. The summed E-state index contributed by atoms with van der Waals surface area (Å²) in [6, 6.07) is 13.0. The number of fused-ring (bicyclic) bond motifs is 3. The van der Waals surface area contributed by atoms with E-state index in [0.29, 0.717) is 28.3 Å². The molecule has 1 fully saturated rings. The van der Waals surface area contributed by atoms with Gasteiger partial charge in [-0.25, -0.2) is 9.67 Å². The predicted octanol–water partition coefficient (Wildman–Crippen LogP) is 3.20. The number of anilines is 1. The smallest absolute Gasteiger partial charge is 0.225 e. The average molecular weight is 472 g/mol. The van der Waals surface area contributed by atoms with E-state index in [0.717, 1.165) is 24.8 Å². The van der Waals surface area contributed by atoms with Crippen LogP contribution in [0.5, 0.6) is 0 Å². The van der Waals surface area contributed by atoms with Gasteiger partial charge >= 0.3 is 0 Å². The highest BCUT2D eigenvalue weighted by Gasteiger charge is 2.42. The Hall–Kier alpha value is -4.05. The number of furan rings is 1. The van der Waals surface area contributed by atoms with Crippen LogP contribution in [0, 0.1) is 5.92 Å². The van der Waals surface area contributed by atoms with E-state index in [1.165, 1.54) is 4.52 Å². The monoisotopic (exact) mass is 471 g/mol. The minimum Gasteiger partial charge on any atom is -0.461 e. The molecule has 0 saturated heterocycles. The Balaban J connectivity index is 1.53. The molecule has 1 aliphatic carbocycles. The Morgan fingerprint density at radius 1 is 1.17 bits per heavy atom. The number of nitrogens with two attached hydrogens (primary N) is 1. The number of Topliss-reactive ketones (excluding diaryl/α,β-unsaturated/α-hetero) is 1. The summed E-state index contributed by atoms with van der Waals surface area (Å²) >= 11 is 0. The lowest BCUT2D eigenvalue weighted by molar-refractivity contribution is -0.127. The molecule has 1 aliphatic rings. The average Bonchev–Trinajstić information content (AvgIpc) is 3.66. The van der Waals surface area contributed by atoms with Crippen LogP contribution in [-0.2, 0) is 10.3 Å². The van der Waals surface area contributed by atoms with Gasteiger partial charge in [0.2, 0.25) is 11.8 Å². The van der Waals surface area contributed by atoms with Gasteiger partial charge in [-0.2, -0.15) is 14.6 Å². The summed E-state index contributed by atoms with van der Waals surface area (Å²) in [5.41, 5.74) is 6.81. The number of aliphatic hydroxyl groups excluding tert-OH is 1. The van der Waals surface area contributed by atoms with Gasteiger partial charge in [-0.05, 0) is 43.4 Å². The molecule has 4 aromatic heterocycles. The van der Waals surface area contributed by atoms with Crippen LogP contribution in [0.3, 0.4) is 0 Å². The molecule has 0 spiro atoms. The van der Waals surface area contributed by atoms with Crippen molar-refractivity contribution in [3.63, 3.8) is 0 Å². The summed E-state index contributed by atoms with van der Waals surface area (Å²) in [5, 5.41) is 20.1. The van der Waals surface area contributed by atoms with Crippen molar-refractivity contribution in [3.8, 4) is 11.6 Å². The van der Waals surface area contributed by atoms with Crippen molar-refractivity contribution in [1.29, 1.82) is 0 Å². The number of carbonyl (C=O) groups excluding carboxylic acids is 1. The molecule has 1 aromatic carbocycles. The number of aromatic nitrogens is 6. The van der Waals surface area contributed by atoms with Crippen molar-refractivity contribution in [2.24, 2.45) is 5.92 Å². The van der Waals surface area contributed by atoms with Crippen molar-refractivity contribution in [1.82, 2.24) is 29.4 Å². The Morgan fingerprint density at radius 2 is 2.00 bits per heavy atom. The quantitative estimate of drug-likeness (QED) is 0.385. The van der Waals surface area contributed by atoms with Crippen LogP contribution in [0.1, 0.15) is 38.2 Å². The Kier molecular flexibility index (Phi) is 4.92. The number of ketones is 1. The zero-order chi connectivity index (χ0) is 24.2. The van der Waals surface area contributed by atoms with E-state index in [-0.39, 0.29) is 24.1 Å². The summed E-state index contributed by atoms with van der Waals surface area (Å²) in [6.07, 6.45) is 5.46. The molecular weight excluding hydrogens is 446 g/mol. The molecule has 6 rings (SSSR count). The number of carbonyl (C=O) groups is 1. The summed E-state index contributed by atoms with van der Waals surface area (Å²) in [4.78, 5) is 23.1. The van der Waals surface area contributed by atoms with Gasteiger partial charge in [0.05, 0.1) is 24.0 Å². The zero-order valence-corrected chi connectivity index (χ0v) is 19.2. The maximum Gasteiger partial charge on any atom is 0.225 e. The standard InChI is InChI=1S/C25H25N7O3/c1-25(16-8-3-2-4-9-16,20(34)13-15-7-5-10-18(15)33)32-23-17(14-27-32)22-28-21(19-11-6-12-35-19)30-31(22)24(26)29-23/h2-4,6,8-9,11-12,14-15,18,33H,5,7,10,13H2,1H3,(H2,26,29)/t15-,18-,25+/m0/s1. The lowest BCUT2D eigenvalue weighted by Gasteiger charge is -2.31. The topological polar surface area (TPSA) is 137 Å². The van der Waals surface area contributed by atoms with Crippen molar-refractivity contribution < 1.29 is 14.3 Å². The summed E-state index contributed by atoms with van der Waals surface area (Å²) in [5.74, 6) is 0.893. The van der Waals surface area contributed by atoms with Gasteiger partial charge in [-0.1, -0.05) is 36.8 Å². The third-order valence-electron chi connectivity index (χ3n) is 7.14. The second-order valence-corrected chi connectivity index (χ2v) is 9.24. The molecule has 1 saturated carbocycles. The lowest BCUT2D eigenvalue weighted by atomic mass is 9.82. The molecule has 0 aliphatic heterocycles. The van der Waals surface area contributed by atoms with Gasteiger partial charge in [0.15, 0.2) is 22.8 Å². The maximum absolute atomic E-state index is 13.9. The summed E-state index contributed by atoms with van der Waals surface area (Å²) < 4.78 is 8.51. The highest BCUT2D eigenvalue weighted by Crippen LogP contribution is 2.36. The number of aliphatic hydroxyl groups is 1. The fourth-order valence-electron chi connectivity index (χ4n) is 5.10. The molecule has 3 N–H and O–H groups in total. The van der Waals surface area contributed by atoms with E-state index in [4.69, 9.17) is 10.2 Å². The lowest BCUT2D eigenvalue weighted by Crippen LogP contribution is -2.42. The molecule has 35 heavy (non-hydrogen) atoms. The molecule has 5 aromatic rings. The Morgan fingerprint density at radius 3 is 2.71 bits per heavy atom. The van der Waals surface area contributed by atoms with Crippen molar-refractivity contribution >= 4 is 28.4 Å². The van der Waals surface area contributed by atoms with Gasteiger partial charge in [0, 0.05) is 6.42 Å². The van der Waals surface area contributed by atoms with Gasteiger partial charge in [0.25, 0.3) is 0 Å². The van der Waals surface area contributed by atoms with Crippen molar-refractivity contribution in [3.05, 3.63) is 60.5 Å². The molecule has 0 amide bonds. The first kappa shape index (κ1) is 21.5. The van der Waals surface area contributed by atoms with E-state index >= 15 is 0 Å². The molecule has 3 atom stereocenters. The Labute approximate surface area is 200 Å². The van der Waals surface area contributed by atoms with Crippen LogP contribution in [0.15, 0.2) is 59.3 Å². The predicted molar refractivity (Wildman–Crippen MR) is 128 cm³/mol. The first-order valence-electron chi connectivity index (χ1n) is 11.7. The summed E-state index contributed by atoms with van der Waals surface area (Å²) in [6.45, 7) is 1.85. The van der Waals surface area contributed by atoms with Crippen LogP contribution in [0.4, 0.5) is 5.95 Å². The minimum atomic E-state index is -1.16. The molecule has 0 radical (unpaired) electrons. The SMILES string of the molecule is C[C@](C(=O)C[C@@H]1CCC[C@@H]1O)(c1ccccc1)n1ncc2c1nc(N)n1nc(-c3ccco3)nc21. The number of hydrogen-bond acceptors (Lipinski definition) is 8. The maximum atomic E-state index is 13.9. The van der Waals surface area contributed by atoms with Gasteiger partial charge in [-0.3, -0.25) is 4.79 Å². The molecule has 4 heterocycles. The van der Waals surface area contributed by atoms with E-state index < -0.39 is 11.6 Å². The van der Waals surface area contributed by atoms with Crippen LogP contribution in [-0.4, -0.2) is 46.4 Å². The van der Waals surface area contributed by atoms with E-state index in [1.807, 2.05) is 37.3 Å². The second-order valence-electron chi connectivity index (χ2n) is 9.24. The number of nitrogen functional groups attached to an aromatic ring is 1. The highest BCUT2D eigenvalue weighted by molar-refractivity contribution is 5.95. The third kappa shape index (κ3) is 3.32. The van der Waals surface area contributed by atoms with E-state index in [2.05, 4.69) is 20.2 Å². The summed E-state index contributed by atoms with van der Waals surface area (Å²) in [7, 11) is 0. The second kappa shape index (κ2) is 8.02. The third-order valence-corrected chi connectivity index (χ3v) is 7.14. The van der Waals surface area contributed by atoms with E-state index in [9.17, 15) is 9.90 Å². The fraction of sp³-hybridized carbons (Fsp3) is 0.320. The Bertz CT molecular complexity index is 1520. The molecular formula is C25H25N7O3. The number of rotatable bonds is 6. The van der Waals surface area contributed by atoms with E-state index in [1.54, 1.807) is 29.3 Å². The number of benzene rings is 1. The molecule has 10 heteroatoms. The van der Waals surface area contributed by atoms with Crippen molar-refractivity contribution in [2.45, 2.75) is 44.2 Å². The van der Waals surface area contributed by atoms with Crippen molar-refractivity contribution in [2.75, 3.05) is 5.73 Å². The number of nitrogens with zero attached hydrogens (tertiary/aromatic N) is 6. The van der Waals surface area contributed by atoms with Crippen LogP contribution >= 0.6 is 0 Å². The normalized spacial score (nSPS) is 19.9. The molecule has 178 valence electrons. The largest absolute Gasteiger partial charge is 0.461 e. The van der Waals surface area contributed by atoms with Crippen LogP contribution in [0.25, 0.3) is 28.3 Å². The minimum absolute atomic E-state index is 0.0439. The molecule has 10 nitrogen and oxygen atoms in total. The first-order chi connectivity index (χ1) is 17.0. The zero-order valence-electron chi connectivity index (χ0n) is 19.2. The van der Waals surface area contributed by atoms with Gasteiger partial charge in [0.1, 0.15) is 5.54 Å². The molecule has 0 bridgehead atoms. The fourth-order valence-corrected chi connectivity index (χ4v) is 5.10. The van der Waals surface area contributed by atoms with Gasteiger partial charge in [-0.15, -0.1) is 5.10 Å². The van der Waals surface area contributed by atoms with Crippen LogP contribution in [0.2, 0.25) is 0 Å². The molecule has 0 unspecified atom stereocenters. The van der Waals surface area contributed by atoms with Crippen LogP contribution < -0.4 is 5.73 Å². The van der Waals surface area contributed by atoms with Gasteiger partial charge < -0.3 is 15.3 Å².